The summed E-state index contributed by atoms with van der Waals surface area (Å²) in [5, 5.41) is 0. The number of carbonyl (C=O) groups excluding carboxylic acids is 1. The molecule has 2 aromatic rings. The Hall–Kier alpha value is -1.61. The number of hydrogen-bond donors (Lipinski definition) is 0. The van der Waals surface area contributed by atoms with Crippen LogP contribution in [-0.4, -0.2) is 6.29 Å². The highest BCUT2D eigenvalue weighted by molar-refractivity contribution is 9.10. The predicted octanol–water partition coefficient (Wildman–Crippen LogP) is 4.36. The minimum Gasteiger partial charge on any atom is -0.457 e. The predicted molar refractivity (Wildman–Crippen MR) is 70.8 cm³/mol. The first-order chi connectivity index (χ1) is 8.19. The van der Waals surface area contributed by atoms with Crippen molar-refractivity contribution in [2.75, 3.05) is 0 Å². The molecule has 2 rings (SSSR count). The number of aryl methyl sites for hydroxylation is 1. The summed E-state index contributed by atoms with van der Waals surface area (Å²) in [5.41, 5.74) is 1.60. The molecule has 17 heavy (non-hydrogen) atoms. The van der Waals surface area contributed by atoms with Crippen LogP contribution >= 0.6 is 15.9 Å². The Bertz CT molecular complexity index is 550. The standard InChI is InChI=1S/C14H11BrO2/c1-10-5-6-14(11(7-10)9-16)17-13-4-2-3-12(15)8-13/h2-9H,1H3. The molecule has 0 saturated heterocycles. The maximum Gasteiger partial charge on any atom is 0.153 e. The Kier molecular flexibility index (Phi) is 3.59. The molecule has 2 aromatic carbocycles. The molecule has 0 aliphatic carbocycles. The molecule has 0 spiro atoms. The Balaban J connectivity index is 2.32. The van der Waals surface area contributed by atoms with E-state index in [4.69, 9.17) is 4.74 Å². The lowest BCUT2D eigenvalue weighted by Crippen LogP contribution is -1.91. The molecule has 0 aromatic heterocycles. The van der Waals surface area contributed by atoms with Crippen LogP contribution < -0.4 is 4.74 Å². The molecule has 86 valence electrons. The Morgan fingerprint density at radius 3 is 2.71 bits per heavy atom. The third-order valence-electron chi connectivity index (χ3n) is 2.32. The maximum atomic E-state index is 10.9. The van der Waals surface area contributed by atoms with Crippen molar-refractivity contribution in [1.82, 2.24) is 0 Å². The van der Waals surface area contributed by atoms with Crippen LogP contribution in [0.3, 0.4) is 0 Å². The van der Waals surface area contributed by atoms with Crippen LogP contribution in [-0.2, 0) is 0 Å². The third kappa shape index (κ3) is 2.94. The molecule has 0 unspecified atom stereocenters. The average Bonchev–Trinajstić information content (AvgIpc) is 2.31. The van der Waals surface area contributed by atoms with Gasteiger partial charge in [0.25, 0.3) is 0 Å². The van der Waals surface area contributed by atoms with Crippen molar-refractivity contribution in [2.24, 2.45) is 0 Å². The van der Waals surface area contributed by atoms with E-state index in [1.807, 2.05) is 37.3 Å². The topological polar surface area (TPSA) is 26.3 Å². The van der Waals surface area contributed by atoms with Gasteiger partial charge in [-0.15, -0.1) is 0 Å². The van der Waals surface area contributed by atoms with Crippen molar-refractivity contribution in [1.29, 1.82) is 0 Å². The van der Waals surface area contributed by atoms with Crippen LogP contribution in [0, 0.1) is 6.92 Å². The molecule has 3 heteroatoms. The van der Waals surface area contributed by atoms with E-state index in [1.54, 1.807) is 12.1 Å². The van der Waals surface area contributed by atoms with Gasteiger partial charge in [0, 0.05) is 4.47 Å². The largest absolute Gasteiger partial charge is 0.457 e. The second-order valence-electron chi connectivity index (χ2n) is 3.72. The molecule has 0 fully saturated rings. The zero-order valence-corrected chi connectivity index (χ0v) is 10.9. The molecule has 0 amide bonds. The molecule has 0 heterocycles. The van der Waals surface area contributed by atoms with E-state index in [2.05, 4.69) is 15.9 Å². The van der Waals surface area contributed by atoms with Gasteiger partial charge in [0.2, 0.25) is 0 Å². The van der Waals surface area contributed by atoms with Crippen LogP contribution in [0.15, 0.2) is 46.9 Å². The first-order valence-electron chi connectivity index (χ1n) is 5.18. The Morgan fingerprint density at radius 2 is 2.00 bits per heavy atom. The number of benzene rings is 2. The van der Waals surface area contributed by atoms with Gasteiger partial charge in [-0.05, 0) is 37.3 Å². The van der Waals surface area contributed by atoms with E-state index in [1.165, 1.54) is 0 Å². The normalized spacial score (nSPS) is 10.0. The molecular formula is C14H11BrO2. The zero-order valence-electron chi connectivity index (χ0n) is 9.31. The second kappa shape index (κ2) is 5.15. The number of halogens is 1. The van der Waals surface area contributed by atoms with Gasteiger partial charge in [-0.1, -0.05) is 33.6 Å². The van der Waals surface area contributed by atoms with E-state index in [0.29, 0.717) is 17.1 Å². The first kappa shape index (κ1) is 11.9. The number of carbonyl (C=O) groups is 1. The van der Waals surface area contributed by atoms with E-state index in [0.717, 1.165) is 16.3 Å². The van der Waals surface area contributed by atoms with Gasteiger partial charge >= 0.3 is 0 Å². The van der Waals surface area contributed by atoms with E-state index >= 15 is 0 Å². The number of aldehydes is 1. The highest BCUT2D eigenvalue weighted by Gasteiger charge is 2.04. The summed E-state index contributed by atoms with van der Waals surface area (Å²) in [7, 11) is 0. The minimum atomic E-state index is 0.560. The van der Waals surface area contributed by atoms with Gasteiger partial charge < -0.3 is 4.74 Å². The fourth-order valence-corrected chi connectivity index (χ4v) is 1.89. The van der Waals surface area contributed by atoms with E-state index in [9.17, 15) is 4.79 Å². The molecule has 0 radical (unpaired) electrons. The smallest absolute Gasteiger partial charge is 0.153 e. The lowest BCUT2D eigenvalue weighted by Gasteiger charge is -2.08. The summed E-state index contributed by atoms with van der Waals surface area (Å²) in [6.45, 7) is 1.94. The zero-order chi connectivity index (χ0) is 12.3. The first-order valence-corrected chi connectivity index (χ1v) is 5.97. The highest BCUT2D eigenvalue weighted by atomic mass is 79.9. The highest BCUT2D eigenvalue weighted by Crippen LogP contribution is 2.27. The summed E-state index contributed by atoms with van der Waals surface area (Å²) in [4.78, 5) is 10.9. The van der Waals surface area contributed by atoms with Crippen LogP contribution in [0.4, 0.5) is 0 Å². The SMILES string of the molecule is Cc1ccc(Oc2cccc(Br)c2)c(C=O)c1. The number of hydrogen-bond acceptors (Lipinski definition) is 2. The maximum absolute atomic E-state index is 10.9. The van der Waals surface area contributed by atoms with Gasteiger partial charge in [-0.3, -0.25) is 4.79 Å². The molecule has 0 bridgehead atoms. The van der Waals surface area contributed by atoms with Gasteiger partial charge in [-0.2, -0.15) is 0 Å². The average molecular weight is 291 g/mol. The molecule has 0 atom stereocenters. The molecule has 0 N–H and O–H groups in total. The molecule has 2 nitrogen and oxygen atoms in total. The number of rotatable bonds is 3. The van der Waals surface area contributed by atoms with Crippen molar-refractivity contribution in [3.63, 3.8) is 0 Å². The van der Waals surface area contributed by atoms with Crippen molar-refractivity contribution >= 4 is 22.2 Å². The van der Waals surface area contributed by atoms with Crippen molar-refractivity contribution in [2.45, 2.75) is 6.92 Å². The van der Waals surface area contributed by atoms with Crippen LogP contribution in [0.5, 0.6) is 11.5 Å². The third-order valence-corrected chi connectivity index (χ3v) is 2.81. The summed E-state index contributed by atoms with van der Waals surface area (Å²) < 4.78 is 6.61. The Morgan fingerprint density at radius 1 is 1.18 bits per heavy atom. The summed E-state index contributed by atoms with van der Waals surface area (Å²) in [5.74, 6) is 1.27. The van der Waals surface area contributed by atoms with Crippen molar-refractivity contribution < 1.29 is 9.53 Å². The summed E-state index contributed by atoms with van der Waals surface area (Å²) in [6, 6.07) is 13.0. The lowest BCUT2D eigenvalue weighted by molar-refractivity contribution is 0.112. The molecular weight excluding hydrogens is 280 g/mol. The van der Waals surface area contributed by atoms with E-state index < -0.39 is 0 Å². The lowest BCUT2D eigenvalue weighted by atomic mass is 10.1. The molecule has 0 saturated carbocycles. The molecule has 0 aliphatic heterocycles. The van der Waals surface area contributed by atoms with Gasteiger partial charge in [0.05, 0.1) is 5.56 Å². The van der Waals surface area contributed by atoms with Gasteiger partial charge in [-0.25, -0.2) is 0 Å². The van der Waals surface area contributed by atoms with Gasteiger partial charge in [0.1, 0.15) is 11.5 Å². The minimum absolute atomic E-state index is 0.560. The monoisotopic (exact) mass is 290 g/mol. The fourth-order valence-electron chi connectivity index (χ4n) is 1.51. The summed E-state index contributed by atoms with van der Waals surface area (Å²) >= 11 is 3.37. The summed E-state index contributed by atoms with van der Waals surface area (Å²) in [6.07, 6.45) is 0.806. The van der Waals surface area contributed by atoms with Gasteiger partial charge in [0.15, 0.2) is 6.29 Å². The molecule has 0 aliphatic rings. The van der Waals surface area contributed by atoms with Crippen molar-refractivity contribution in [3.05, 3.63) is 58.1 Å². The Labute approximate surface area is 108 Å². The fraction of sp³-hybridized carbons (Fsp3) is 0.0714. The second-order valence-corrected chi connectivity index (χ2v) is 4.63. The van der Waals surface area contributed by atoms with Crippen molar-refractivity contribution in [3.8, 4) is 11.5 Å². The quantitative estimate of drug-likeness (QED) is 0.785. The van der Waals surface area contributed by atoms with Crippen LogP contribution in [0.1, 0.15) is 15.9 Å². The van der Waals surface area contributed by atoms with Crippen LogP contribution in [0.25, 0.3) is 0 Å². The number of ether oxygens (including phenoxy) is 1. The van der Waals surface area contributed by atoms with E-state index in [-0.39, 0.29) is 0 Å². The van der Waals surface area contributed by atoms with Crippen LogP contribution in [0.2, 0.25) is 0 Å².